The van der Waals surface area contributed by atoms with Gasteiger partial charge in [0.25, 0.3) is 5.69 Å². The number of nitro groups is 1. The number of nitro benzene ring substituents is 1. The normalized spacial score (nSPS) is 10.8. The molecule has 0 aromatic heterocycles. The maximum absolute atomic E-state index is 12.0. The monoisotopic (exact) mass is 295 g/mol. The second-order valence-corrected chi connectivity index (χ2v) is 4.95. The van der Waals surface area contributed by atoms with Gasteiger partial charge in [-0.25, -0.2) is 0 Å². The molecule has 0 saturated carbocycles. The quantitative estimate of drug-likeness (QED) is 0.516. The van der Waals surface area contributed by atoms with E-state index in [1.807, 2.05) is 0 Å². The van der Waals surface area contributed by atoms with E-state index in [-0.39, 0.29) is 24.6 Å². The van der Waals surface area contributed by atoms with Gasteiger partial charge in [0, 0.05) is 24.4 Å². The van der Waals surface area contributed by atoms with Crippen LogP contribution in [0.25, 0.3) is 0 Å². The van der Waals surface area contributed by atoms with E-state index in [1.165, 1.54) is 24.3 Å². The van der Waals surface area contributed by atoms with E-state index in [2.05, 4.69) is 10.6 Å². The van der Waals surface area contributed by atoms with Crippen LogP contribution < -0.4 is 10.6 Å². The summed E-state index contributed by atoms with van der Waals surface area (Å²) < 4.78 is 0. The largest absolute Gasteiger partial charge is 0.481 e. The first kappa shape index (κ1) is 16.4. The third kappa shape index (κ3) is 5.09. The summed E-state index contributed by atoms with van der Waals surface area (Å²) in [5, 5.41) is 24.5. The Balaban J connectivity index is 2.63. The zero-order valence-corrected chi connectivity index (χ0v) is 11.8. The minimum absolute atomic E-state index is 0.0377. The fraction of sp³-hybridized carbons (Fsp3) is 0.385. The highest BCUT2D eigenvalue weighted by Crippen LogP contribution is 2.19. The predicted octanol–water partition coefficient (Wildman–Crippen LogP) is 1.38. The molecule has 0 bridgehead atoms. The SMILES string of the molecule is CC(C)(Nc1ccc([N+](=O)[O-])cc1)C(=O)NCCC(=O)O. The number of carboxylic acid groups (broad SMARTS) is 1. The van der Waals surface area contributed by atoms with E-state index in [0.717, 1.165) is 0 Å². The number of nitrogens with zero attached hydrogens (tertiary/aromatic N) is 1. The molecular formula is C13H17N3O5. The van der Waals surface area contributed by atoms with Crippen molar-refractivity contribution in [2.24, 2.45) is 0 Å². The fourth-order valence-electron chi connectivity index (χ4n) is 1.59. The van der Waals surface area contributed by atoms with Gasteiger partial charge in [-0.05, 0) is 26.0 Å². The van der Waals surface area contributed by atoms with E-state index >= 15 is 0 Å². The highest BCUT2D eigenvalue weighted by atomic mass is 16.6. The van der Waals surface area contributed by atoms with Crippen molar-refractivity contribution < 1.29 is 19.6 Å². The zero-order chi connectivity index (χ0) is 16.0. The van der Waals surface area contributed by atoms with Crippen LogP contribution in [0.2, 0.25) is 0 Å². The Morgan fingerprint density at radius 1 is 1.29 bits per heavy atom. The standard InChI is InChI=1S/C13H17N3O5/c1-13(2,12(19)14-8-7-11(17)18)15-9-3-5-10(6-4-9)16(20)21/h3-6,15H,7-8H2,1-2H3,(H,14,19)(H,17,18). The van der Waals surface area contributed by atoms with Crippen LogP contribution in [0, 0.1) is 10.1 Å². The molecule has 0 spiro atoms. The van der Waals surface area contributed by atoms with Crippen molar-refractivity contribution in [2.45, 2.75) is 25.8 Å². The van der Waals surface area contributed by atoms with Gasteiger partial charge in [-0.3, -0.25) is 19.7 Å². The minimum atomic E-state index is -0.989. The summed E-state index contributed by atoms with van der Waals surface area (Å²) >= 11 is 0. The van der Waals surface area contributed by atoms with E-state index in [9.17, 15) is 19.7 Å². The van der Waals surface area contributed by atoms with Crippen molar-refractivity contribution in [2.75, 3.05) is 11.9 Å². The van der Waals surface area contributed by atoms with Crippen LogP contribution >= 0.6 is 0 Å². The molecule has 0 saturated heterocycles. The molecule has 0 atom stereocenters. The molecule has 0 aliphatic rings. The molecule has 1 aromatic carbocycles. The molecule has 1 amide bonds. The Labute approximate surface area is 121 Å². The molecule has 8 nitrogen and oxygen atoms in total. The molecule has 21 heavy (non-hydrogen) atoms. The number of non-ortho nitro benzene ring substituents is 1. The topological polar surface area (TPSA) is 122 Å². The van der Waals surface area contributed by atoms with Crippen molar-refractivity contribution in [3.63, 3.8) is 0 Å². The molecule has 3 N–H and O–H groups in total. The number of rotatable bonds is 7. The van der Waals surface area contributed by atoms with Gasteiger partial charge in [-0.2, -0.15) is 0 Å². The average molecular weight is 295 g/mol. The number of amides is 1. The summed E-state index contributed by atoms with van der Waals surface area (Å²) in [4.78, 5) is 32.4. The highest BCUT2D eigenvalue weighted by Gasteiger charge is 2.27. The van der Waals surface area contributed by atoms with Gasteiger partial charge in [-0.15, -0.1) is 0 Å². The van der Waals surface area contributed by atoms with Crippen LogP contribution in [0.4, 0.5) is 11.4 Å². The summed E-state index contributed by atoms with van der Waals surface area (Å²) in [7, 11) is 0. The number of carboxylic acids is 1. The molecule has 0 aliphatic carbocycles. The van der Waals surface area contributed by atoms with Crippen LogP contribution in [0.1, 0.15) is 20.3 Å². The van der Waals surface area contributed by atoms with Gasteiger partial charge in [0.2, 0.25) is 5.91 Å². The molecule has 1 aromatic rings. The number of benzene rings is 1. The van der Waals surface area contributed by atoms with Crippen LogP contribution in [0.5, 0.6) is 0 Å². The number of carbonyl (C=O) groups is 2. The zero-order valence-electron chi connectivity index (χ0n) is 11.8. The van der Waals surface area contributed by atoms with Crippen LogP contribution in [-0.2, 0) is 9.59 Å². The number of anilines is 1. The number of carbonyl (C=O) groups excluding carboxylic acids is 1. The Morgan fingerprint density at radius 2 is 1.86 bits per heavy atom. The van der Waals surface area contributed by atoms with Crippen molar-refractivity contribution in [3.8, 4) is 0 Å². The molecule has 0 heterocycles. The van der Waals surface area contributed by atoms with Gasteiger partial charge in [0.05, 0.1) is 11.3 Å². The first-order valence-electron chi connectivity index (χ1n) is 6.25. The minimum Gasteiger partial charge on any atom is -0.481 e. The predicted molar refractivity (Wildman–Crippen MR) is 76.1 cm³/mol. The van der Waals surface area contributed by atoms with Gasteiger partial charge < -0.3 is 15.7 Å². The molecule has 0 radical (unpaired) electrons. The lowest BCUT2D eigenvalue weighted by molar-refractivity contribution is -0.384. The Bertz CT molecular complexity index is 539. The number of aliphatic carboxylic acids is 1. The Hall–Kier alpha value is -2.64. The number of hydrogen-bond donors (Lipinski definition) is 3. The molecule has 0 fully saturated rings. The molecule has 0 aliphatic heterocycles. The third-order valence-corrected chi connectivity index (χ3v) is 2.73. The van der Waals surface area contributed by atoms with E-state index < -0.39 is 16.4 Å². The molecule has 114 valence electrons. The van der Waals surface area contributed by atoms with Gasteiger partial charge in [0.15, 0.2) is 0 Å². The Kier molecular flexibility index (Phi) is 5.23. The van der Waals surface area contributed by atoms with E-state index in [1.54, 1.807) is 13.8 Å². The van der Waals surface area contributed by atoms with Gasteiger partial charge in [-0.1, -0.05) is 0 Å². The molecule has 1 rings (SSSR count). The van der Waals surface area contributed by atoms with E-state index in [4.69, 9.17) is 5.11 Å². The number of hydrogen-bond acceptors (Lipinski definition) is 5. The Morgan fingerprint density at radius 3 is 2.33 bits per heavy atom. The van der Waals surface area contributed by atoms with Gasteiger partial charge >= 0.3 is 5.97 Å². The van der Waals surface area contributed by atoms with Crippen LogP contribution in [-0.4, -0.2) is 34.0 Å². The first-order chi connectivity index (χ1) is 9.72. The van der Waals surface area contributed by atoms with Crippen molar-refractivity contribution in [3.05, 3.63) is 34.4 Å². The maximum atomic E-state index is 12.0. The van der Waals surface area contributed by atoms with Crippen LogP contribution in [0.3, 0.4) is 0 Å². The summed E-state index contributed by atoms with van der Waals surface area (Å²) in [6, 6.07) is 5.68. The lowest BCUT2D eigenvalue weighted by Crippen LogP contribution is -2.48. The number of nitrogens with one attached hydrogen (secondary N) is 2. The lowest BCUT2D eigenvalue weighted by atomic mass is 10.0. The lowest BCUT2D eigenvalue weighted by Gasteiger charge is -2.26. The van der Waals surface area contributed by atoms with Crippen molar-refractivity contribution >= 4 is 23.3 Å². The van der Waals surface area contributed by atoms with Gasteiger partial charge in [0.1, 0.15) is 5.54 Å². The van der Waals surface area contributed by atoms with Crippen molar-refractivity contribution in [1.29, 1.82) is 0 Å². The molecular weight excluding hydrogens is 278 g/mol. The smallest absolute Gasteiger partial charge is 0.305 e. The highest BCUT2D eigenvalue weighted by molar-refractivity contribution is 5.88. The maximum Gasteiger partial charge on any atom is 0.305 e. The second-order valence-electron chi connectivity index (χ2n) is 4.95. The summed E-state index contributed by atoms with van der Waals surface area (Å²) in [5.41, 5.74) is -0.461. The average Bonchev–Trinajstić information content (AvgIpc) is 2.38. The summed E-state index contributed by atoms with van der Waals surface area (Å²) in [5.74, 6) is -1.35. The fourth-order valence-corrected chi connectivity index (χ4v) is 1.59. The summed E-state index contributed by atoms with van der Waals surface area (Å²) in [6.45, 7) is 3.30. The summed E-state index contributed by atoms with van der Waals surface area (Å²) in [6.07, 6.45) is -0.153. The first-order valence-corrected chi connectivity index (χ1v) is 6.25. The van der Waals surface area contributed by atoms with Crippen molar-refractivity contribution in [1.82, 2.24) is 5.32 Å². The molecule has 8 heteroatoms. The molecule has 0 unspecified atom stereocenters. The second kappa shape index (κ2) is 6.69. The van der Waals surface area contributed by atoms with E-state index in [0.29, 0.717) is 5.69 Å². The third-order valence-electron chi connectivity index (χ3n) is 2.73. The van der Waals surface area contributed by atoms with Crippen LogP contribution in [0.15, 0.2) is 24.3 Å².